The Morgan fingerprint density at radius 3 is 2.43 bits per heavy atom. The zero-order valence-corrected chi connectivity index (χ0v) is 20.6. The number of imidazole rings is 1. The van der Waals surface area contributed by atoms with Gasteiger partial charge in [-0.25, -0.2) is 9.97 Å². The Hall–Kier alpha value is -4.20. The first-order valence-electron chi connectivity index (χ1n) is 12.4. The van der Waals surface area contributed by atoms with Gasteiger partial charge in [-0.3, -0.25) is 9.47 Å². The number of nitrogens with zero attached hydrogens (tertiary/aromatic N) is 4. The monoisotopic (exact) mass is 492 g/mol. The molecule has 0 bridgehead atoms. The van der Waals surface area contributed by atoms with Gasteiger partial charge in [0, 0.05) is 30.9 Å². The van der Waals surface area contributed by atoms with E-state index < -0.39 is 0 Å². The number of aromatic nitrogens is 3. The van der Waals surface area contributed by atoms with Crippen LogP contribution in [0, 0.1) is 0 Å². The first-order chi connectivity index (χ1) is 18.1. The highest BCUT2D eigenvalue weighted by molar-refractivity contribution is 5.89. The molecule has 0 unspecified atom stereocenters. The van der Waals surface area contributed by atoms with Crippen LogP contribution < -0.4 is 4.74 Å². The molecule has 7 nitrogen and oxygen atoms in total. The van der Waals surface area contributed by atoms with Gasteiger partial charge in [0.1, 0.15) is 28.8 Å². The van der Waals surface area contributed by atoms with Crippen LogP contribution in [0.1, 0.15) is 12.0 Å². The smallest absolute Gasteiger partial charge is 0.168 e. The number of fused-ring (bicyclic) bond motifs is 1. The van der Waals surface area contributed by atoms with E-state index in [9.17, 15) is 10.2 Å². The van der Waals surface area contributed by atoms with Crippen LogP contribution in [-0.4, -0.2) is 56.0 Å². The summed E-state index contributed by atoms with van der Waals surface area (Å²) in [5.74, 6) is 0.853. The van der Waals surface area contributed by atoms with Crippen LogP contribution in [0.2, 0.25) is 0 Å². The van der Waals surface area contributed by atoms with Gasteiger partial charge >= 0.3 is 0 Å². The number of likely N-dealkylation sites (tertiary alicyclic amines) is 1. The highest BCUT2D eigenvalue weighted by atomic mass is 16.5. The average Bonchev–Trinajstić information content (AvgIpc) is 3.56. The molecule has 1 atom stereocenters. The molecule has 7 heteroatoms. The number of aliphatic hydroxyl groups is 1. The van der Waals surface area contributed by atoms with Crippen molar-refractivity contribution in [1.29, 1.82) is 0 Å². The summed E-state index contributed by atoms with van der Waals surface area (Å²) in [6.45, 7) is 2.44. The summed E-state index contributed by atoms with van der Waals surface area (Å²) in [5, 5.41) is 21.2. The Labute approximate surface area is 215 Å². The number of aromatic hydroxyl groups is 1. The van der Waals surface area contributed by atoms with E-state index in [1.807, 2.05) is 47.0 Å². The van der Waals surface area contributed by atoms with Crippen LogP contribution in [0.25, 0.3) is 39.1 Å². The maximum absolute atomic E-state index is 11.3. The second-order valence-electron chi connectivity index (χ2n) is 9.41. The Bertz CT molecular complexity index is 1540. The standard InChI is InChI=1S/C30H28N4O3/c1-37-25-12-10-23(11-13-25)34-19-32-27-16-31-28(30(36)29(27)34)21-8-6-20(7-9-21)26-5-3-2-4-22(26)17-33-15-14-24(35)18-33/h2-13,16,19,24,35-36H,14-15,17-18H2,1H3/t24-/m1/s1. The molecule has 1 aliphatic rings. The fourth-order valence-electron chi connectivity index (χ4n) is 5.09. The number of benzene rings is 3. The van der Waals surface area contributed by atoms with E-state index in [0.29, 0.717) is 23.3 Å². The summed E-state index contributed by atoms with van der Waals surface area (Å²) in [6.07, 6.45) is 3.98. The third kappa shape index (κ3) is 4.43. The van der Waals surface area contributed by atoms with E-state index in [-0.39, 0.29) is 11.9 Å². The maximum Gasteiger partial charge on any atom is 0.168 e. The van der Waals surface area contributed by atoms with E-state index in [1.54, 1.807) is 19.6 Å². The first kappa shape index (κ1) is 23.2. The van der Waals surface area contributed by atoms with Gasteiger partial charge in [-0.1, -0.05) is 48.5 Å². The molecule has 186 valence electrons. The lowest BCUT2D eigenvalue weighted by molar-refractivity contribution is 0.175. The van der Waals surface area contributed by atoms with Crippen molar-refractivity contribution in [1.82, 2.24) is 19.4 Å². The number of ether oxygens (including phenoxy) is 1. The lowest BCUT2D eigenvalue weighted by atomic mass is 9.97. The van der Waals surface area contributed by atoms with Gasteiger partial charge in [0.15, 0.2) is 5.75 Å². The van der Waals surface area contributed by atoms with Crippen molar-refractivity contribution >= 4 is 11.0 Å². The van der Waals surface area contributed by atoms with Crippen molar-refractivity contribution in [3.05, 3.63) is 90.9 Å². The van der Waals surface area contributed by atoms with Crippen LogP contribution in [0.5, 0.6) is 11.5 Å². The number of rotatable bonds is 6. The first-order valence-corrected chi connectivity index (χ1v) is 12.4. The number of β-amino-alcohol motifs (C(OH)–C–C–N with tert-alkyl or cyclic N) is 1. The second-order valence-corrected chi connectivity index (χ2v) is 9.41. The van der Waals surface area contributed by atoms with Crippen LogP contribution in [0.3, 0.4) is 0 Å². The lowest BCUT2D eigenvalue weighted by Gasteiger charge is -2.18. The SMILES string of the molecule is COc1ccc(-n2cnc3cnc(-c4ccc(-c5ccccc5CN5CC[C@@H](O)C5)cc4)c(O)c32)cc1. The Morgan fingerprint density at radius 1 is 0.946 bits per heavy atom. The topological polar surface area (TPSA) is 83.6 Å². The van der Waals surface area contributed by atoms with Crippen molar-refractivity contribution in [3.8, 4) is 39.6 Å². The molecule has 0 saturated carbocycles. The van der Waals surface area contributed by atoms with Crippen LogP contribution >= 0.6 is 0 Å². The molecule has 37 heavy (non-hydrogen) atoms. The van der Waals surface area contributed by atoms with E-state index in [2.05, 4.69) is 45.2 Å². The zero-order valence-electron chi connectivity index (χ0n) is 20.6. The number of hydrogen-bond donors (Lipinski definition) is 2. The number of hydrogen-bond acceptors (Lipinski definition) is 6. The highest BCUT2D eigenvalue weighted by Crippen LogP contribution is 2.36. The van der Waals surface area contributed by atoms with Gasteiger partial charge in [-0.15, -0.1) is 0 Å². The molecule has 0 aliphatic carbocycles. The van der Waals surface area contributed by atoms with Gasteiger partial charge in [-0.2, -0.15) is 0 Å². The minimum Gasteiger partial charge on any atom is -0.504 e. The summed E-state index contributed by atoms with van der Waals surface area (Å²) in [7, 11) is 1.63. The van der Waals surface area contributed by atoms with E-state index in [0.717, 1.165) is 42.1 Å². The molecule has 1 saturated heterocycles. The molecule has 3 aromatic carbocycles. The average molecular weight is 493 g/mol. The largest absolute Gasteiger partial charge is 0.504 e. The third-order valence-corrected chi connectivity index (χ3v) is 7.04. The lowest BCUT2D eigenvalue weighted by Crippen LogP contribution is -2.21. The van der Waals surface area contributed by atoms with Gasteiger partial charge in [0.2, 0.25) is 0 Å². The minimum atomic E-state index is -0.231. The fourth-order valence-corrected chi connectivity index (χ4v) is 5.09. The molecule has 0 amide bonds. The van der Waals surface area contributed by atoms with Crippen molar-refractivity contribution in [2.75, 3.05) is 20.2 Å². The molecule has 1 fully saturated rings. The van der Waals surface area contributed by atoms with E-state index in [4.69, 9.17) is 4.74 Å². The molecule has 2 aromatic heterocycles. The quantitative estimate of drug-likeness (QED) is 0.346. The second kappa shape index (κ2) is 9.69. The number of aliphatic hydroxyl groups excluding tert-OH is 1. The summed E-state index contributed by atoms with van der Waals surface area (Å²) in [4.78, 5) is 11.3. The Kier molecular flexibility index (Phi) is 6.08. The summed E-state index contributed by atoms with van der Waals surface area (Å²) < 4.78 is 7.12. The molecule has 6 rings (SSSR count). The van der Waals surface area contributed by atoms with Gasteiger partial charge in [0.25, 0.3) is 0 Å². The molecular formula is C30H28N4O3. The Morgan fingerprint density at radius 2 is 1.70 bits per heavy atom. The van der Waals surface area contributed by atoms with Crippen molar-refractivity contribution < 1.29 is 14.9 Å². The predicted octanol–water partition coefficient (Wildman–Crippen LogP) is 5.04. The molecule has 1 aliphatic heterocycles. The number of methoxy groups -OCH3 is 1. The normalized spacial score (nSPS) is 15.9. The number of pyridine rings is 1. The highest BCUT2D eigenvalue weighted by Gasteiger charge is 2.21. The summed E-state index contributed by atoms with van der Waals surface area (Å²) in [5.41, 5.74) is 6.93. The summed E-state index contributed by atoms with van der Waals surface area (Å²) in [6, 6.07) is 24.1. The molecule has 3 heterocycles. The molecule has 5 aromatic rings. The van der Waals surface area contributed by atoms with Crippen molar-refractivity contribution in [2.45, 2.75) is 19.1 Å². The van der Waals surface area contributed by atoms with Crippen LogP contribution in [-0.2, 0) is 6.54 Å². The van der Waals surface area contributed by atoms with Crippen LogP contribution in [0.4, 0.5) is 0 Å². The van der Waals surface area contributed by atoms with Gasteiger partial charge in [-0.05, 0) is 47.4 Å². The van der Waals surface area contributed by atoms with E-state index >= 15 is 0 Å². The van der Waals surface area contributed by atoms with Crippen molar-refractivity contribution in [2.24, 2.45) is 0 Å². The molecule has 0 radical (unpaired) electrons. The Balaban J connectivity index is 1.32. The van der Waals surface area contributed by atoms with Crippen molar-refractivity contribution in [3.63, 3.8) is 0 Å². The predicted molar refractivity (Wildman–Crippen MR) is 144 cm³/mol. The fraction of sp³-hybridized carbons (Fsp3) is 0.200. The minimum absolute atomic E-state index is 0.0894. The van der Waals surface area contributed by atoms with Gasteiger partial charge in [0.05, 0.1) is 19.4 Å². The van der Waals surface area contributed by atoms with Gasteiger partial charge < -0.3 is 14.9 Å². The third-order valence-electron chi connectivity index (χ3n) is 7.04. The molecular weight excluding hydrogens is 464 g/mol. The zero-order chi connectivity index (χ0) is 25.4. The molecule has 2 N–H and O–H groups in total. The maximum atomic E-state index is 11.3. The summed E-state index contributed by atoms with van der Waals surface area (Å²) >= 11 is 0. The van der Waals surface area contributed by atoms with Crippen LogP contribution in [0.15, 0.2) is 85.3 Å². The molecule has 0 spiro atoms. The van der Waals surface area contributed by atoms with E-state index in [1.165, 1.54) is 11.1 Å².